The van der Waals surface area contributed by atoms with Gasteiger partial charge in [0.2, 0.25) is 0 Å². The SMILES string of the molecule is CC(C)=CCCC(C)COC=O. The molecule has 0 bridgehead atoms. The second-order valence-electron chi connectivity index (χ2n) is 3.39. The van der Waals surface area contributed by atoms with Crippen molar-refractivity contribution in [2.75, 3.05) is 6.61 Å². The van der Waals surface area contributed by atoms with E-state index in [0.717, 1.165) is 12.8 Å². The molecular formula is C10H18O2. The van der Waals surface area contributed by atoms with Crippen LogP contribution in [0.1, 0.15) is 33.6 Å². The van der Waals surface area contributed by atoms with E-state index >= 15 is 0 Å². The van der Waals surface area contributed by atoms with Gasteiger partial charge in [-0.2, -0.15) is 0 Å². The second kappa shape index (κ2) is 6.89. The van der Waals surface area contributed by atoms with E-state index in [1.54, 1.807) is 0 Å². The fourth-order valence-electron chi connectivity index (χ4n) is 0.943. The lowest BCUT2D eigenvalue weighted by Crippen LogP contribution is -2.04. The molecule has 0 rings (SSSR count). The molecule has 0 radical (unpaired) electrons. The third-order valence-corrected chi connectivity index (χ3v) is 1.66. The summed E-state index contributed by atoms with van der Waals surface area (Å²) in [5, 5.41) is 0. The van der Waals surface area contributed by atoms with Crippen LogP contribution >= 0.6 is 0 Å². The normalized spacial score (nSPS) is 11.9. The number of rotatable bonds is 6. The fraction of sp³-hybridized carbons (Fsp3) is 0.700. The number of ether oxygens (including phenoxy) is 1. The summed E-state index contributed by atoms with van der Waals surface area (Å²) in [5.41, 5.74) is 1.35. The van der Waals surface area contributed by atoms with E-state index < -0.39 is 0 Å². The van der Waals surface area contributed by atoms with Crippen LogP contribution in [0.15, 0.2) is 11.6 Å². The van der Waals surface area contributed by atoms with Gasteiger partial charge in [-0.15, -0.1) is 0 Å². The van der Waals surface area contributed by atoms with Crippen LogP contribution in [0.25, 0.3) is 0 Å². The van der Waals surface area contributed by atoms with Crippen molar-refractivity contribution in [3.05, 3.63) is 11.6 Å². The molecule has 0 heterocycles. The van der Waals surface area contributed by atoms with Gasteiger partial charge in [0.05, 0.1) is 6.61 Å². The summed E-state index contributed by atoms with van der Waals surface area (Å²) in [6, 6.07) is 0. The van der Waals surface area contributed by atoms with Crippen molar-refractivity contribution in [1.82, 2.24) is 0 Å². The van der Waals surface area contributed by atoms with Gasteiger partial charge in [-0.3, -0.25) is 4.79 Å². The quantitative estimate of drug-likeness (QED) is 0.452. The van der Waals surface area contributed by atoms with E-state index in [1.165, 1.54) is 5.57 Å². The van der Waals surface area contributed by atoms with Crippen LogP contribution in [0.5, 0.6) is 0 Å². The molecule has 2 heteroatoms. The predicted molar refractivity (Wildman–Crippen MR) is 49.8 cm³/mol. The highest BCUT2D eigenvalue weighted by molar-refractivity contribution is 5.36. The second-order valence-corrected chi connectivity index (χ2v) is 3.39. The lowest BCUT2D eigenvalue weighted by Gasteiger charge is -2.07. The highest BCUT2D eigenvalue weighted by Crippen LogP contribution is 2.07. The summed E-state index contributed by atoms with van der Waals surface area (Å²) in [7, 11) is 0. The topological polar surface area (TPSA) is 26.3 Å². The Morgan fingerprint density at radius 1 is 1.50 bits per heavy atom. The molecule has 0 spiro atoms. The number of carbonyl (C=O) groups excluding carboxylic acids is 1. The zero-order valence-electron chi connectivity index (χ0n) is 8.17. The van der Waals surface area contributed by atoms with Gasteiger partial charge in [-0.05, 0) is 32.6 Å². The first-order chi connectivity index (χ1) is 5.66. The van der Waals surface area contributed by atoms with Crippen LogP contribution in [0, 0.1) is 5.92 Å². The van der Waals surface area contributed by atoms with Gasteiger partial charge in [0.1, 0.15) is 0 Å². The standard InChI is InChI=1S/C10H18O2/c1-9(2)5-4-6-10(3)7-12-8-11/h5,8,10H,4,6-7H2,1-3H3. The summed E-state index contributed by atoms with van der Waals surface area (Å²) >= 11 is 0. The molecule has 0 aromatic carbocycles. The Morgan fingerprint density at radius 3 is 2.67 bits per heavy atom. The van der Waals surface area contributed by atoms with Crippen LogP contribution in [0.3, 0.4) is 0 Å². The largest absolute Gasteiger partial charge is 0.468 e. The number of allylic oxidation sites excluding steroid dienone is 2. The minimum absolute atomic E-state index is 0.464. The van der Waals surface area contributed by atoms with Crippen LogP contribution in [0.2, 0.25) is 0 Å². The molecule has 0 saturated carbocycles. The maximum atomic E-state index is 9.86. The summed E-state index contributed by atoms with van der Waals surface area (Å²) in [5.74, 6) is 0.464. The van der Waals surface area contributed by atoms with Gasteiger partial charge in [0, 0.05) is 0 Å². The smallest absolute Gasteiger partial charge is 0.293 e. The molecule has 0 aliphatic carbocycles. The van der Waals surface area contributed by atoms with E-state index in [2.05, 4.69) is 31.6 Å². The molecule has 0 saturated heterocycles. The van der Waals surface area contributed by atoms with Crippen LogP contribution in [-0.4, -0.2) is 13.1 Å². The highest BCUT2D eigenvalue weighted by Gasteiger charge is 1.99. The Kier molecular flexibility index (Phi) is 6.44. The number of hydrogen-bond donors (Lipinski definition) is 0. The molecule has 0 aliphatic heterocycles. The Morgan fingerprint density at radius 2 is 2.17 bits per heavy atom. The minimum Gasteiger partial charge on any atom is -0.468 e. The van der Waals surface area contributed by atoms with Gasteiger partial charge in [-0.25, -0.2) is 0 Å². The number of hydrogen-bond acceptors (Lipinski definition) is 2. The highest BCUT2D eigenvalue weighted by atomic mass is 16.5. The van der Waals surface area contributed by atoms with Gasteiger partial charge < -0.3 is 4.74 Å². The van der Waals surface area contributed by atoms with Crippen molar-refractivity contribution in [2.45, 2.75) is 33.6 Å². The fourth-order valence-corrected chi connectivity index (χ4v) is 0.943. The average Bonchev–Trinajstić information content (AvgIpc) is 2.00. The first-order valence-corrected chi connectivity index (χ1v) is 4.35. The van der Waals surface area contributed by atoms with Crippen LogP contribution in [-0.2, 0) is 9.53 Å². The lowest BCUT2D eigenvalue weighted by atomic mass is 10.1. The van der Waals surface area contributed by atoms with E-state index in [1.807, 2.05) is 0 Å². The zero-order chi connectivity index (χ0) is 9.40. The minimum atomic E-state index is 0.464. The van der Waals surface area contributed by atoms with E-state index in [4.69, 9.17) is 0 Å². The first kappa shape index (κ1) is 11.2. The molecule has 2 nitrogen and oxygen atoms in total. The Bertz CT molecular complexity index is 146. The Balaban J connectivity index is 3.37. The van der Waals surface area contributed by atoms with E-state index in [9.17, 15) is 4.79 Å². The van der Waals surface area contributed by atoms with Crippen molar-refractivity contribution in [3.8, 4) is 0 Å². The van der Waals surface area contributed by atoms with Crippen LogP contribution < -0.4 is 0 Å². The molecule has 1 unspecified atom stereocenters. The summed E-state index contributed by atoms with van der Waals surface area (Å²) in [6.07, 6.45) is 4.36. The number of carbonyl (C=O) groups is 1. The maximum absolute atomic E-state index is 9.86. The molecular weight excluding hydrogens is 152 g/mol. The van der Waals surface area contributed by atoms with E-state index in [-0.39, 0.29) is 0 Å². The predicted octanol–water partition coefficient (Wildman–Crippen LogP) is 2.54. The molecule has 0 aliphatic rings. The molecule has 0 aromatic heterocycles. The monoisotopic (exact) mass is 170 g/mol. The van der Waals surface area contributed by atoms with Gasteiger partial charge in [-0.1, -0.05) is 18.6 Å². The Hall–Kier alpha value is -0.790. The Labute approximate surface area is 74.6 Å². The summed E-state index contributed by atoms with van der Waals surface area (Å²) in [4.78, 5) is 9.86. The molecule has 12 heavy (non-hydrogen) atoms. The van der Waals surface area contributed by atoms with Gasteiger partial charge in [0.25, 0.3) is 6.47 Å². The van der Waals surface area contributed by atoms with Crippen molar-refractivity contribution in [2.24, 2.45) is 5.92 Å². The maximum Gasteiger partial charge on any atom is 0.293 e. The van der Waals surface area contributed by atoms with E-state index in [0.29, 0.717) is 19.0 Å². The van der Waals surface area contributed by atoms with Crippen molar-refractivity contribution < 1.29 is 9.53 Å². The molecule has 70 valence electrons. The molecule has 0 fully saturated rings. The summed E-state index contributed by atoms with van der Waals surface area (Å²) in [6.45, 7) is 7.32. The molecule has 0 aromatic rings. The van der Waals surface area contributed by atoms with Crippen molar-refractivity contribution >= 4 is 6.47 Å². The third-order valence-electron chi connectivity index (χ3n) is 1.66. The molecule has 1 atom stereocenters. The van der Waals surface area contributed by atoms with Gasteiger partial charge in [0.15, 0.2) is 0 Å². The van der Waals surface area contributed by atoms with Crippen LogP contribution in [0.4, 0.5) is 0 Å². The van der Waals surface area contributed by atoms with Crippen molar-refractivity contribution in [1.29, 1.82) is 0 Å². The average molecular weight is 170 g/mol. The first-order valence-electron chi connectivity index (χ1n) is 4.35. The van der Waals surface area contributed by atoms with Crippen molar-refractivity contribution in [3.63, 3.8) is 0 Å². The summed E-state index contributed by atoms with van der Waals surface area (Å²) < 4.78 is 4.65. The molecule has 0 amide bonds. The molecule has 0 N–H and O–H groups in total. The van der Waals surface area contributed by atoms with Gasteiger partial charge >= 0.3 is 0 Å². The lowest BCUT2D eigenvalue weighted by molar-refractivity contribution is -0.129. The third kappa shape index (κ3) is 7.32. The zero-order valence-corrected chi connectivity index (χ0v) is 8.17.